The molecule has 6 nitrogen and oxygen atoms in total. The molecular formula is C18H25N3O3. The molecule has 0 saturated carbocycles. The summed E-state index contributed by atoms with van der Waals surface area (Å²) in [7, 11) is 0. The van der Waals surface area contributed by atoms with Crippen LogP contribution in [-0.4, -0.2) is 29.3 Å². The zero-order valence-corrected chi connectivity index (χ0v) is 14.4. The molecule has 1 aromatic heterocycles. The second-order valence-corrected chi connectivity index (χ2v) is 6.04. The molecule has 2 aromatic rings. The number of aliphatic hydroxyl groups excluding tert-OH is 1. The Morgan fingerprint density at radius 2 is 2.08 bits per heavy atom. The van der Waals surface area contributed by atoms with Gasteiger partial charge in [0.2, 0.25) is 5.89 Å². The molecule has 24 heavy (non-hydrogen) atoms. The number of urea groups is 1. The lowest BCUT2D eigenvalue weighted by atomic mass is 9.83. The molecular weight excluding hydrogens is 306 g/mol. The maximum Gasteiger partial charge on any atom is 0.319 e. The van der Waals surface area contributed by atoms with Crippen molar-refractivity contribution in [2.24, 2.45) is 5.41 Å². The van der Waals surface area contributed by atoms with Crippen molar-refractivity contribution in [3.63, 3.8) is 0 Å². The van der Waals surface area contributed by atoms with Crippen molar-refractivity contribution in [3.05, 3.63) is 36.2 Å². The molecule has 130 valence electrons. The summed E-state index contributed by atoms with van der Waals surface area (Å²) < 4.78 is 5.29. The maximum atomic E-state index is 12.2. The summed E-state index contributed by atoms with van der Waals surface area (Å²) in [4.78, 5) is 16.3. The van der Waals surface area contributed by atoms with Crippen LogP contribution in [0.4, 0.5) is 10.5 Å². The number of hydrogen-bond acceptors (Lipinski definition) is 4. The largest absolute Gasteiger partial charge is 0.445 e. The molecule has 0 saturated heterocycles. The fourth-order valence-electron chi connectivity index (χ4n) is 2.47. The van der Waals surface area contributed by atoms with E-state index in [1.165, 1.54) is 6.26 Å². The van der Waals surface area contributed by atoms with Gasteiger partial charge >= 0.3 is 6.03 Å². The van der Waals surface area contributed by atoms with Gasteiger partial charge in [-0.2, -0.15) is 0 Å². The number of aliphatic hydroxyl groups is 1. The summed E-state index contributed by atoms with van der Waals surface area (Å²) in [6, 6.07) is 5.35. The Morgan fingerprint density at radius 1 is 1.33 bits per heavy atom. The maximum absolute atomic E-state index is 12.2. The third kappa shape index (κ3) is 4.14. The van der Waals surface area contributed by atoms with Crippen molar-refractivity contribution < 1.29 is 14.3 Å². The molecule has 0 atom stereocenters. The van der Waals surface area contributed by atoms with Crippen molar-refractivity contribution >= 4 is 11.7 Å². The lowest BCUT2D eigenvalue weighted by Crippen LogP contribution is -2.41. The van der Waals surface area contributed by atoms with Gasteiger partial charge < -0.3 is 20.2 Å². The zero-order chi connectivity index (χ0) is 17.6. The third-order valence-electron chi connectivity index (χ3n) is 4.62. The van der Waals surface area contributed by atoms with Crippen molar-refractivity contribution in [3.8, 4) is 11.5 Å². The average molecular weight is 331 g/mol. The molecule has 3 N–H and O–H groups in total. The number of anilines is 1. The van der Waals surface area contributed by atoms with Gasteiger partial charge in [-0.15, -0.1) is 0 Å². The van der Waals surface area contributed by atoms with Gasteiger partial charge in [-0.1, -0.05) is 19.9 Å². The lowest BCUT2D eigenvalue weighted by molar-refractivity contribution is 0.116. The number of hydrogen-bond donors (Lipinski definition) is 3. The Morgan fingerprint density at radius 3 is 2.67 bits per heavy atom. The molecule has 1 aromatic carbocycles. The van der Waals surface area contributed by atoms with Gasteiger partial charge in [0.1, 0.15) is 6.26 Å². The van der Waals surface area contributed by atoms with Crippen molar-refractivity contribution in [2.75, 3.05) is 18.5 Å². The first-order valence-corrected chi connectivity index (χ1v) is 8.20. The van der Waals surface area contributed by atoms with Crippen LogP contribution < -0.4 is 10.6 Å². The highest BCUT2D eigenvalue weighted by Crippen LogP contribution is 2.25. The molecule has 2 rings (SSSR count). The number of amides is 2. The van der Waals surface area contributed by atoms with Crippen molar-refractivity contribution in [1.29, 1.82) is 0 Å². The molecule has 0 unspecified atom stereocenters. The predicted molar refractivity (Wildman–Crippen MR) is 93.8 cm³/mol. The van der Waals surface area contributed by atoms with Crippen LogP contribution in [-0.2, 0) is 0 Å². The van der Waals surface area contributed by atoms with E-state index in [-0.39, 0.29) is 18.1 Å². The highest BCUT2D eigenvalue weighted by atomic mass is 16.3. The van der Waals surface area contributed by atoms with Crippen LogP contribution in [0.2, 0.25) is 0 Å². The van der Waals surface area contributed by atoms with Crippen LogP contribution in [0.5, 0.6) is 0 Å². The van der Waals surface area contributed by atoms with Crippen LogP contribution in [0.3, 0.4) is 0 Å². The molecule has 1 heterocycles. The van der Waals surface area contributed by atoms with Crippen LogP contribution in [0.25, 0.3) is 11.5 Å². The Bertz CT molecular complexity index is 656. The van der Waals surface area contributed by atoms with E-state index in [1.807, 2.05) is 39.0 Å². The van der Waals surface area contributed by atoms with E-state index in [0.717, 1.165) is 24.0 Å². The summed E-state index contributed by atoms with van der Waals surface area (Å²) in [6.07, 6.45) is 4.70. The smallest absolute Gasteiger partial charge is 0.319 e. The first kappa shape index (κ1) is 18.0. The Kier molecular flexibility index (Phi) is 5.98. The minimum atomic E-state index is -0.289. The zero-order valence-electron chi connectivity index (χ0n) is 14.4. The van der Waals surface area contributed by atoms with Gasteiger partial charge in [0.15, 0.2) is 0 Å². The number of rotatable bonds is 7. The average Bonchev–Trinajstić information content (AvgIpc) is 3.13. The van der Waals surface area contributed by atoms with Gasteiger partial charge in [-0.25, -0.2) is 9.78 Å². The SMILES string of the molecule is CCC(CC)(CO)CNC(=O)Nc1cc(-c2ncco2)ccc1C. The van der Waals surface area contributed by atoms with Crippen LogP contribution in [0, 0.1) is 12.3 Å². The molecule has 0 aliphatic heterocycles. The number of carbonyl (C=O) groups excluding carboxylic acids is 1. The van der Waals surface area contributed by atoms with Gasteiger partial charge in [-0.05, 0) is 37.5 Å². The standard InChI is InChI=1S/C18H25N3O3/c1-4-18(5-2,12-22)11-20-17(23)21-15-10-14(7-6-13(15)3)16-19-8-9-24-16/h6-10,22H,4-5,11-12H2,1-3H3,(H2,20,21,23). The highest BCUT2D eigenvalue weighted by Gasteiger charge is 2.25. The second kappa shape index (κ2) is 7.97. The topological polar surface area (TPSA) is 87.4 Å². The third-order valence-corrected chi connectivity index (χ3v) is 4.62. The summed E-state index contributed by atoms with van der Waals surface area (Å²) in [5.41, 5.74) is 2.17. The minimum absolute atomic E-state index is 0.0545. The predicted octanol–water partition coefficient (Wildman–Crippen LogP) is 3.57. The Balaban J connectivity index is 2.05. The van der Waals surface area contributed by atoms with Crippen molar-refractivity contribution in [2.45, 2.75) is 33.6 Å². The number of nitrogens with one attached hydrogen (secondary N) is 2. The molecule has 0 aliphatic carbocycles. The summed E-state index contributed by atoms with van der Waals surface area (Å²) in [5.74, 6) is 0.509. The summed E-state index contributed by atoms with van der Waals surface area (Å²) in [5, 5.41) is 15.3. The lowest BCUT2D eigenvalue weighted by Gasteiger charge is -2.29. The normalized spacial score (nSPS) is 11.3. The van der Waals surface area contributed by atoms with Gasteiger partial charge in [0.05, 0.1) is 12.8 Å². The number of aromatic nitrogens is 1. The van der Waals surface area contributed by atoms with Crippen molar-refractivity contribution in [1.82, 2.24) is 10.3 Å². The number of aryl methyl sites for hydroxylation is 1. The first-order chi connectivity index (χ1) is 11.5. The quantitative estimate of drug-likeness (QED) is 0.724. The van der Waals surface area contributed by atoms with Crippen LogP contribution in [0.1, 0.15) is 32.3 Å². The molecule has 0 fully saturated rings. The molecule has 6 heteroatoms. The highest BCUT2D eigenvalue weighted by molar-refractivity contribution is 5.90. The van der Waals surface area contributed by atoms with E-state index < -0.39 is 0 Å². The second-order valence-electron chi connectivity index (χ2n) is 6.04. The fourth-order valence-corrected chi connectivity index (χ4v) is 2.47. The molecule has 0 radical (unpaired) electrons. The van der Waals surface area contributed by atoms with Crippen LogP contribution in [0.15, 0.2) is 35.1 Å². The molecule has 0 spiro atoms. The molecule has 2 amide bonds. The van der Waals surface area contributed by atoms with Gasteiger partial charge in [-0.3, -0.25) is 0 Å². The molecule has 0 aliphatic rings. The van der Waals surface area contributed by atoms with E-state index in [0.29, 0.717) is 18.1 Å². The number of carbonyl (C=O) groups is 1. The monoisotopic (exact) mass is 331 g/mol. The Hall–Kier alpha value is -2.34. The molecule has 0 bridgehead atoms. The van der Waals surface area contributed by atoms with Gasteiger partial charge in [0.25, 0.3) is 0 Å². The van der Waals surface area contributed by atoms with E-state index in [9.17, 15) is 9.90 Å². The minimum Gasteiger partial charge on any atom is -0.445 e. The van der Waals surface area contributed by atoms with Gasteiger partial charge in [0, 0.05) is 23.2 Å². The van der Waals surface area contributed by atoms with E-state index in [2.05, 4.69) is 15.6 Å². The Labute approximate surface area is 142 Å². The summed E-state index contributed by atoms with van der Waals surface area (Å²) >= 11 is 0. The first-order valence-electron chi connectivity index (χ1n) is 8.20. The van der Waals surface area contributed by atoms with E-state index >= 15 is 0 Å². The van der Waals surface area contributed by atoms with Crippen LogP contribution >= 0.6 is 0 Å². The fraction of sp³-hybridized carbons (Fsp3) is 0.444. The van der Waals surface area contributed by atoms with E-state index in [4.69, 9.17) is 4.42 Å². The van der Waals surface area contributed by atoms with E-state index in [1.54, 1.807) is 6.20 Å². The number of oxazole rings is 1. The number of nitrogens with zero attached hydrogens (tertiary/aromatic N) is 1. The number of benzene rings is 1. The summed E-state index contributed by atoms with van der Waals surface area (Å²) in [6.45, 7) is 6.44.